The van der Waals surface area contributed by atoms with E-state index < -0.39 is 65.2 Å². The highest BCUT2D eigenvalue weighted by atomic mass is 35.5. The predicted octanol–water partition coefficient (Wildman–Crippen LogP) is 2.95. The number of hydrogen-bond donors (Lipinski definition) is 1. The van der Waals surface area contributed by atoms with Gasteiger partial charge in [-0.25, -0.2) is 8.78 Å². The Balaban J connectivity index is 2.31. The van der Waals surface area contributed by atoms with Gasteiger partial charge in [0.2, 0.25) is 0 Å². The van der Waals surface area contributed by atoms with Crippen LogP contribution in [-0.4, -0.2) is 41.1 Å². The molecule has 1 aliphatic rings. The molecular weight excluding hydrogens is 349 g/mol. The van der Waals surface area contributed by atoms with E-state index in [-0.39, 0.29) is 0 Å². The van der Waals surface area contributed by atoms with E-state index in [4.69, 9.17) is 16.7 Å². The molecule has 0 aromatic heterocycles. The molecule has 10 heteroatoms. The molecule has 1 amide bonds. The van der Waals surface area contributed by atoms with E-state index in [1.807, 2.05) is 0 Å². The average molecular weight is 358 g/mol. The van der Waals surface area contributed by atoms with Gasteiger partial charge in [-0.15, -0.1) is 0 Å². The summed E-state index contributed by atoms with van der Waals surface area (Å²) in [7, 11) is 0. The van der Waals surface area contributed by atoms with Crippen molar-refractivity contribution >= 4 is 23.5 Å². The summed E-state index contributed by atoms with van der Waals surface area (Å²) in [6, 6.07) is 1.44. The number of aliphatic carboxylic acids is 1. The molecule has 0 bridgehead atoms. The van der Waals surface area contributed by atoms with Crippen LogP contribution in [0.3, 0.4) is 0 Å². The zero-order valence-electron chi connectivity index (χ0n) is 11.2. The predicted molar refractivity (Wildman–Crippen MR) is 67.9 cm³/mol. The Morgan fingerprint density at radius 1 is 1.22 bits per heavy atom. The molecule has 1 aliphatic heterocycles. The molecule has 1 aromatic carbocycles. The summed E-state index contributed by atoms with van der Waals surface area (Å²) < 4.78 is 65.4. The number of hydrogen-bond acceptors (Lipinski definition) is 2. The van der Waals surface area contributed by atoms with E-state index in [1.54, 1.807) is 0 Å². The maximum atomic E-state index is 13.8. The number of carboxylic acid groups (broad SMARTS) is 1. The Bertz CT molecular complexity index is 664. The summed E-state index contributed by atoms with van der Waals surface area (Å²) in [5.74, 6) is -9.53. The molecule has 0 radical (unpaired) electrons. The summed E-state index contributed by atoms with van der Waals surface area (Å²) in [5, 5.41) is 7.91. The van der Waals surface area contributed by atoms with Gasteiger partial charge in [-0.3, -0.25) is 9.59 Å². The number of amides is 1. The molecule has 0 unspecified atom stereocenters. The van der Waals surface area contributed by atoms with Gasteiger partial charge in [0.25, 0.3) is 5.91 Å². The minimum Gasteiger partial charge on any atom is -0.481 e. The Morgan fingerprint density at radius 2 is 1.83 bits per heavy atom. The Morgan fingerprint density at radius 3 is 2.30 bits per heavy atom. The molecule has 1 saturated heterocycles. The van der Waals surface area contributed by atoms with Crippen LogP contribution >= 0.6 is 11.6 Å². The first-order valence-corrected chi connectivity index (χ1v) is 6.64. The van der Waals surface area contributed by atoms with Crippen molar-refractivity contribution in [1.29, 1.82) is 0 Å². The van der Waals surface area contributed by atoms with Crippen LogP contribution in [0.4, 0.5) is 22.0 Å². The fourth-order valence-electron chi connectivity index (χ4n) is 2.41. The van der Waals surface area contributed by atoms with Crippen molar-refractivity contribution in [3.8, 4) is 0 Å². The smallest absolute Gasteiger partial charge is 0.394 e. The second kappa shape index (κ2) is 5.95. The number of alkyl halides is 3. The molecule has 0 saturated carbocycles. The highest BCUT2D eigenvalue weighted by molar-refractivity contribution is 6.31. The molecular formula is C13H9ClF5NO3. The van der Waals surface area contributed by atoms with Gasteiger partial charge >= 0.3 is 12.1 Å². The van der Waals surface area contributed by atoms with Crippen molar-refractivity contribution in [2.45, 2.75) is 6.18 Å². The van der Waals surface area contributed by atoms with Gasteiger partial charge in [0.1, 0.15) is 10.8 Å². The molecule has 0 aliphatic carbocycles. The summed E-state index contributed by atoms with van der Waals surface area (Å²) in [5.41, 5.74) is -0.719. The Kier molecular flexibility index (Phi) is 4.52. The molecule has 2 rings (SSSR count). The van der Waals surface area contributed by atoms with Gasteiger partial charge in [-0.2, -0.15) is 13.2 Å². The lowest BCUT2D eigenvalue weighted by atomic mass is 9.96. The standard InChI is InChI=1S/C13H9ClF5NO3/c14-9-8(15)2-1-5(10(9)16)11(21)20-3-6(12(22)23)7(4-20)13(17,18)19/h1-2,6-7H,3-4H2,(H,22,23)/t6-,7-/m1/s1. The van der Waals surface area contributed by atoms with Gasteiger partial charge in [0.15, 0.2) is 5.82 Å². The topological polar surface area (TPSA) is 57.6 Å². The maximum Gasteiger partial charge on any atom is 0.394 e. The van der Waals surface area contributed by atoms with Crippen molar-refractivity contribution in [1.82, 2.24) is 4.90 Å². The maximum absolute atomic E-state index is 13.8. The SMILES string of the molecule is O=C(O)[C@@H]1CN(C(=O)c2ccc(F)c(Cl)c2F)C[C@H]1C(F)(F)F. The Hall–Kier alpha value is -1.90. The summed E-state index contributed by atoms with van der Waals surface area (Å²) in [6.45, 7) is -1.65. The molecule has 1 fully saturated rings. The molecule has 4 nitrogen and oxygen atoms in total. The molecule has 2 atom stereocenters. The number of carbonyl (C=O) groups is 2. The lowest BCUT2D eigenvalue weighted by molar-refractivity contribution is -0.187. The minimum absolute atomic E-state index is 0.573. The lowest BCUT2D eigenvalue weighted by Crippen LogP contribution is -2.34. The van der Waals surface area contributed by atoms with Crippen LogP contribution in [0.2, 0.25) is 5.02 Å². The van der Waals surface area contributed by atoms with E-state index in [0.29, 0.717) is 11.0 Å². The third-order valence-electron chi connectivity index (χ3n) is 3.61. The first-order chi connectivity index (χ1) is 10.5. The van der Waals surface area contributed by atoms with Crippen molar-refractivity contribution in [3.63, 3.8) is 0 Å². The quantitative estimate of drug-likeness (QED) is 0.654. The minimum atomic E-state index is -4.82. The average Bonchev–Trinajstić information content (AvgIpc) is 2.90. The zero-order chi connectivity index (χ0) is 17.5. The van der Waals surface area contributed by atoms with Crippen LogP contribution in [0, 0.1) is 23.5 Å². The number of nitrogens with zero attached hydrogens (tertiary/aromatic N) is 1. The van der Waals surface area contributed by atoms with Crippen molar-refractivity contribution in [3.05, 3.63) is 34.4 Å². The van der Waals surface area contributed by atoms with Gasteiger partial charge in [0, 0.05) is 13.1 Å². The van der Waals surface area contributed by atoms with Crippen molar-refractivity contribution in [2.75, 3.05) is 13.1 Å². The fourth-order valence-corrected chi connectivity index (χ4v) is 2.58. The highest BCUT2D eigenvalue weighted by Gasteiger charge is 2.53. The number of rotatable bonds is 2. The molecule has 23 heavy (non-hydrogen) atoms. The van der Waals surface area contributed by atoms with Crippen molar-refractivity contribution < 1.29 is 36.6 Å². The number of benzene rings is 1. The summed E-state index contributed by atoms with van der Waals surface area (Å²) in [6.07, 6.45) is -4.82. The van der Waals surface area contributed by atoms with Crippen LogP contribution in [0.5, 0.6) is 0 Å². The summed E-state index contributed by atoms with van der Waals surface area (Å²) in [4.78, 5) is 23.6. The second-order valence-electron chi connectivity index (χ2n) is 5.03. The van der Waals surface area contributed by atoms with E-state index >= 15 is 0 Å². The van der Waals surface area contributed by atoms with Gasteiger partial charge < -0.3 is 10.0 Å². The van der Waals surface area contributed by atoms with Gasteiger partial charge in [-0.1, -0.05) is 11.6 Å². The molecule has 1 N–H and O–H groups in total. The van der Waals surface area contributed by atoms with Crippen LogP contribution < -0.4 is 0 Å². The Labute approximate surface area is 131 Å². The van der Waals surface area contributed by atoms with Crippen LogP contribution in [0.15, 0.2) is 12.1 Å². The third-order valence-corrected chi connectivity index (χ3v) is 3.96. The zero-order valence-corrected chi connectivity index (χ0v) is 12.0. The summed E-state index contributed by atoms with van der Waals surface area (Å²) >= 11 is 5.32. The van der Waals surface area contributed by atoms with Crippen LogP contribution in [0.1, 0.15) is 10.4 Å². The largest absolute Gasteiger partial charge is 0.481 e. The fraction of sp³-hybridized carbons (Fsp3) is 0.385. The molecule has 1 aromatic rings. The first-order valence-electron chi connectivity index (χ1n) is 6.26. The first kappa shape index (κ1) is 17.5. The number of carbonyl (C=O) groups excluding carboxylic acids is 1. The normalized spacial score (nSPS) is 21.6. The van der Waals surface area contributed by atoms with E-state index in [2.05, 4.69) is 0 Å². The molecule has 0 spiro atoms. The van der Waals surface area contributed by atoms with Crippen LogP contribution in [0.25, 0.3) is 0 Å². The third kappa shape index (κ3) is 3.24. The van der Waals surface area contributed by atoms with E-state index in [1.165, 1.54) is 0 Å². The van der Waals surface area contributed by atoms with Crippen molar-refractivity contribution in [2.24, 2.45) is 11.8 Å². The van der Waals surface area contributed by atoms with Gasteiger partial charge in [-0.05, 0) is 12.1 Å². The van der Waals surface area contributed by atoms with Crippen LogP contribution in [-0.2, 0) is 4.79 Å². The second-order valence-corrected chi connectivity index (χ2v) is 5.40. The molecule has 1 heterocycles. The van der Waals surface area contributed by atoms with Gasteiger partial charge in [0.05, 0.1) is 17.4 Å². The molecule has 126 valence electrons. The van der Waals surface area contributed by atoms with E-state index in [0.717, 1.165) is 6.07 Å². The number of carboxylic acids is 1. The highest BCUT2D eigenvalue weighted by Crippen LogP contribution is 2.38. The number of halogens is 6. The lowest BCUT2D eigenvalue weighted by Gasteiger charge is -2.18. The number of likely N-dealkylation sites (tertiary alicyclic amines) is 1. The van der Waals surface area contributed by atoms with E-state index in [9.17, 15) is 31.5 Å². The monoisotopic (exact) mass is 357 g/mol.